The summed E-state index contributed by atoms with van der Waals surface area (Å²) in [6.45, 7) is 0.451. The number of ether oxygens (including phenoxy) is 4. The van der Waals surface area contributed by atoms with Gasteiger partial charge in [0.15, 0.2) is 23.2 Å². The van der Waals surface area contributed by atoms with Crippen molar-refractivity contribution >= 4 is 30.0 Å². The molecule has 0 aliphatic rings. The van der Waals surface area contributed by atoms with Crippen molar-refractivity contribution in [2.45, 2.75) is 18.9 Å². The largest absolute Gasteiger partial charge is 0.495 e. The molecule has 0 spiro atoms. The zero-order valence-electron chi connectivity index (χ0n) is 21.6. The Balaban J connectivity index is 0.00000507. The van der Waals surface area contributed by atoms with E-state index in [1.807, 2.05) is 6.07 Å². The van der Waals surface area contributed by atoms with Gasteiger partial charge in [-0.1, -0.05) is 11.2 Å². The molecular formula is C25H33ClN6O6. The molecule has 7 N–H and O–H groups in total. The number of carbonyl (C=O) groups excluding carboxylic acids is 1. The Morgan fingerprint density at radius 1 is 1.03 bits per heavy atom. The number of methoxy groups -OCH3 is 4. The van der Waals surface area contributed by atoms with Gasteiger partial charge in [0.2, 0.25) is 11.7 Å². The number of aromatic nitrogens is 1. The first-order chi connectivity index (χ1) is 17.8. The predicted molar refractivity (Wildman–Crippen MR) is 147 cm³/mol. The third kappa shape index (κ3) is 6.99. The van der Waals surface area contributed by atoms with E-state index in [2.05, 4.69) is 15.8 Å². The lowest BCUT2D eigenvalue weighted by Crippen LogP contribution is -2.37. The van der Waals surface area contributed by atoms with Crippen molar-refractivity contribution in [1.29, 1.82) is 5.41 Å². The average Bonchev–Trinajstić information content (AvgIpc) is 3.40. The molecule has 38 heavy (non-hydrogen) atoms. The molecule has 3 aromatic rings. The van der Waals surface area contributed by atoms with E-state index in [1.165, 1.54) is 28.4 Å². The van der Waals surface area contributed by atoms with Gasteiger partial charge in [0.05, 0.1) is 46.4 Å². The molecule has 0 fully saturated rings. The monoisotopic (exact) mass is 548 g/mol. The Morgan fingerprint density at radius 2 is 1.68 bits per heavy atom. The summed E-state index contributed by atoms with van der Waals surface area (Å²) < 4.78 is 27.4. The van der Waals surface area contributed by atoms with Crippen LogP contribution in [0.25, 0.3) is 22.5 Å². The van der Waals surface area contributed by atoms with Gasteiger partial charge in [-0.25, -0.2) is 0 Å². The van der Waals surface area contributed by atoms with Crippen molar-refractivity contribution in [3.8, 4) is 45.4 Å². The minimum absolute atomic E-state index is 0. The summed E-state index contributed by atoms with van der Waals surface area (Å²) in [5, 5.41) is 16.7. The quantitative estimate of drug-likeness (QED) is 0.128. The Hall–Kier alpha value is -4.16. The fraction of sp³-hybridized carbons (Fsp3) is 0.320. The van der Waals surface area contributed by atoms with Crippen molar-refractivity contribution in [1.82, 2.24) is 10.5 Å². The Morgan fingerprint density at radius 3 is 2.26 bits per heavy atom. The Kier molecular flexibility index (Phi) is 11.0. The number of guanidine groups is 1. The highest BCUT2D eigenvalue weighted by Gasteiger charge is 2.21. The van der Waals surface area contributed by atoms with Crippen LogP contribution in [0.4, 0.5) is 5.69 Å². The number of halogens is 1. The molecular weight excluding hydrogens is 516 g/mol. The van der Waals surface area contributed by atoms with E-state index < -0.39 is 6.04 Å². The van der Waals surface area contributed by atoms with Crippen molar-refractivity contribution in [2.75, 3.05) is 40.3 Å². The van der Waals surface area contributed by atoms with E-state index in [1.54, 1.807) is 30.5 Å². The van der Waals surface area contributed by atoms with Crippen LogP contribution in [-0.2, 0) is 4.79 Å². The smallest absolute Gasteiger partial charge is 0.241 e. The molecule has 0 saturated heterocycles. The Bertz CT molecular complexity index is 1230. The van der Waals surface area contributed by atoms with Crippen LogP contribution in [0.3, 0.4) is 0 Å². The number of hydrogen-bond acceptors (Lipinski definition) is 9. The summed E-state index contributed by atoms with van der Waals surface area (Å²) in [4.78, 5) is 12.7. The molecule has 1 aromatic heterocycles. The number of nitrogens with one attached hydrogen (secondary N) is 3. The van der Waals surface area contributed by atoms with Crippen LogP contribution in [0.2, 0.25) is 0 Å². The fourth-order valence-corrected chi connectivity index (χ4v) is 3.74. The second kappa shape index (κ2) is 14.0. The maximum Gasteiger partial charge on any atom is 0.241 e. The molecule has 0 bridgehead atoms. The molecule has 206 valence electrons. The summed E-state index contributed by atoms with van der Waals surface area (Å²) in [5.41, 5.74) is 13.8. The number of anilines is 1. The highest BCUT2D eigenvalue weighted by Crippen LogP contribution is 2.44. The number of hydrogen-bond donors (Lipinski definition) is 5. The van der Waals surface area contributed by atoms with Crippen LogP contribution < -0.4 is 41.0 Å². The van der Waals surface area contributed by atoms with Crippen molar-refractivity contribution in [3.63, 3.8) is 0 Å². The topological polar surface area (TPSA) is 180 Å². The minimum atomic E-state index is -0.757. The van der Waals surface area contributed by atoms with Crippen LogP contribution >= 0.6 is 12.4 Å². The lowest BCUT2D eigenvalue weighted by Gasteiger charge is -2.16. The maximum absolute atomic E-state index is 12.7. The molecule has 0 aliphatic carbocycles. The van der Waals surface area contributed by atoms with E-state index in [4.69, 9.17) is 40.3 Å². The van der Waals surface area contributed by atoms with E-state index in [0.717, 1.165) is 5.56 Å². The first-order valence-corrected chi connectivity index (χ1v) is 11.4. The molecule has 1 amide bonds. The lowest BCUT2D eigenvalue weighted by molar-refractivity contribution is -0.117. The number of amides is 1. The van der Waals surface area contributed by atoms with Gasteiger partial charge in [-0.05, 0) is 42.7 Å². The van der Waals surface area contributed by atoms with Crippen molar-refractivity contribution < 1.29 is 28.3 Å². The normalized spacial score (nSPS) is 11.1. The molecule has 3 rings (SSSR count). The van der Waals surface area contributed by atoms with Crippen LogP contribution in [0.5, 0.6) is 23.0 Å². The third-order valence-corrected chi connectivity index (χ3v) is 5.61. The standard InChI is InChI=1S/C25H32N6O6.ClH/c1-33-19-8-7-14(10-18(19)31-24(32)17(26)6-5-9-29-25(27)28)16-13-30-37-22(16)15-11-20(34-2)23(36-4)21(12-15)35-3;/h7-8,10-13,17H,5-6,9,26H2,1-4H3,(H,31,32)(H4,27,28,29);1H. The molecule has 1 unspecified atom stereocenters. The summed E-state index contributed by atoms with van der Waals surface area (Å²) >= 11 is 0. The second-order valence-electron chi connectivity index (χ2n) is 7.98. The second-order valence-corrected chi connectivity index (χ2v) is 7.98. The van der Waals surface area contributed by atoms with Gasteiger partial charge < -0.3 is 45.6 Å². The molecule has 12 nitrogen and oxygen atoms in total. The van der Waals surface area contributed by atoms with Crippen LogP contribution in [-0.4, -0.2) is 58.0 Å². The zero-order chi connectivity index (χ0) is 26.9. The van der Waals surface area contributed by atoms with Gasteiger partial charge in [0.25, 0.3) is 0 Å². The highest BCUT2D eigenvalue weighted by atomic mass is 35.5. The summed E-state index contributed by atoms with van der Waals surface area (Å²) in [6, 6.07) is 8.09. The van der Waals surface area contributed by atoms with Gasteiger partial charge in [-0.15, -0.1) is 12.4 Å². The molecule has 0 aliphatic heterocycles. The summed E-state index contributed by atoms with van der Waals surface area (Å²) in [6.07, 6.45) is 2.56. The Labute approximate surface area is 226 Å². The molecule has 0 radical (unpaired) electrons. The third-order valence-electron chi connectivity index (χ3n) is 5.61. The molecule has 1 atom stereocenters. The summed E-state index contributed by atoms with van der Waals surface area (Å²) in [5.74, 6) is 1.83. The number of nitrogens with two attached hydrogens (primary N) is 2. The van der Waals surface area contributed by atoms with Gasteiger partial charge >= 0.3 is 0 Å². The van der Waals surface area contributed by atoms with E-state index in [-0.39, 0.29) is 24.3 Å². The fourth-order valence-electron chi connectivity index (χ4n) is 3.74. The first-order valence-electron chi connectivity index (χ1n) is 11.4. The minimum Gasteiger partial charge on any atom is -0.495 e. The zero-order valence-corrected chi connectivity index (χ0v) is 22.4. The van der Waals surface area contributed by atoms with Crippen LogP contribution in [0.1, 0.15) is 12.8 Å². The maximum atomic E-state index is 12.7. The van der Waals surface area contributed by atoms with Crippen molar-refractivity contribution in [3.05, 3.63) is 36.5 Å². The van der Waals surface area contributed by atoms with Gasteiger partial charge in [-0.2, -0.15) is 0 Å². The van der Waals surface area contributed by atoms with Crippen LogP contribution in [0, 0.1) is 5.41 Å². The van der Waals surface area contributed by atoms with Gasteiger partial charge in [-0.3, -0.25) is 10.2 Å². The van der Waals surface area contributed by atoms with Gasteiger partial charge in [0, 0.05) is 17.7 Å². The van der Waals surface area contributed by atoms with Gasteiger partial charge in [0.1, 0.15) is 5.75 Å². The number of rotatable bonds is 12. The number of benzene rings is 2. The molecule has 2 aromatic carbocycles. The highest BCUT2D eigenvalue weighted by molar-refractivity contribution is 5.97. The lowest BCUT2D eigenvalue weighted by atomic mass is 10.0. The number of carbonyl (C=O) groups is 1. The van der Waals surface area contributed by atoms with E-state index >= 15 is 0 Å². The summed E-state index contributed by atoms with van der Waals surface area (Å²) in [7, 11) is 6.11. The number of nitrogens with zero attached hydrogens (tertiary/aromatic N) is 1. The first kappa shape index (κ1) is 30.1. The molecule has 13 heteroatoms. The van der Waals surface area contributed by atoms with E-state index in [9.17, 15) is 4.79 Å². The van der Waals surface area contributed by atoms with Crippen molar-refractivity contribution in [2.24, 2.45) is 11.5 Å². The van der Waals surface area contributed by atoms with Crippen LogP contribution in [0.15, 0.2) is 41.1 Å². The average molecular weight is 549 g/mol. The van der Waals surface area contributed by atoms with E-state index in [0.29, 0.717) is 65.0 Å². The predicted octanol–water partition coefficient (Wildman–Crippen LogP) is 2.99. The molecule has 0 saturated carbocycles. The SMILES string of the molecule is COc1ccc(-c2cnoc2-c2cc(OC)c(OC)c(OC)c2)cc1NC(=O)C(N)CCCNC(=N)N.Cl. The molecule has 1 heterocycles.